The molecule has 0 fully saturated rings. The number of nitrogens with zero attached hydrogens (tertiary/aromatic N) is 4. The van der Waals surface area contributed by atoms with Gasteiger partial charge in [-0.2, -0.15) is 0 Å². The Bertz CT molecular complexity index is 444. The molecule has 0 amide bonds. The van der Waals surface area contributed by atoms with Gasteiger partial charge in [-0.25, -0.2) is 19.9 Å². The lowest BCUT2D eigenvalue weighted by atomic mass is 10.4. The van der Waals surface area contributed by atoms with Crippen LogP contribution in [0.15, 0.2) is 12.5 Å². The van der Waals surface area contributed by atoms with Crippen molar-refractivity contribution in [3.05, 3.63) is 17.7 Å². The first kappa shape index (κ1) is 8.12. The first-order chi connectivity index (χ1) is 6.31. The fourth-order valence-electron chi connectivity index (χ4n) is 0.945. The summed E-state index contributed by atoms with van der Waals surface area (Å²) in [6, 6.07) is 0. The molecule has 0 bridgehead atoms. The Balaban J connectivity index is 2.74. The highest BCUT2D eigenvalue weighted by atomic mass is 35.5. The summed E-state index contributed by atoms with van der Waals surface area (Å²) >= 11 is 5.82. The Labute approximate surface area is 79.2 Å². The van der Waals surface area contributed by atoms with E-state index in [1.165, 1.54) is 6.33 Å². The van der Waals surface area contributed by atoms with E-state index in [9.17, 15) is 0 Å². The number of rotatable bonds is 1. The average molecular weight is 196 g/mol. The zero-order valence-corrected chi connectivity index (χ0v) is 7.58. The molecule has 0 unspecified atom stereocenters. The maximum absolute atomic E-state index is 5.82. The van der Waals surface area contributed by atoms with Crippen LogP contribution in [-0.4, -0.2) is 27.0 Å². The van der Waals surface area contributed by atoms with Crippen molar-refractivity contribution in [1.82, 2.24) is 19.9 Å². The van der Waals surface area contributed by atoms with Crippen LogP contribution < -0.4 is 5.32 Å². The molecule has 13 heavy (non-hydrogen) atoms. The molecule has 5 nitrogen and oxygen atoms in total. The highest BCUT2D eigenvalue weighted by Crippen LogP contribution is 2.16. The van der Waals surface area contributed by atoms with Gasteiger partial charge in [-0.1, -0.05) is 11.6 Å². The maximum Gasteiger partial charge on any atom is 0.223 e. The average Bonchev–Trinajstić information content (AvgIpc) is 2.18. The number of fused-ring (bicyclic) bond motifs is 1. The van der Waals surface area contributed by atoms with E-state index in [-0.39, 0.29) is 0 Å². The van der Waals surface area contributed by atoms with Gasteiger partial charge in [0.15, 0.2) is 5.15 Å². The molecule has 0 aliphatic rings. The summed E-state index contributed by atoms with van der Waals surface area (Å²) in [5.41, 5.74) is 1.20. The summed E-state index contributed by atoms with van der Waals surface area (Å²) in [7, 11) is 1.73. The largest absolute Gasteiger partial charge is 0.357 e. The normalized spacial score (nSPS) is 10.3. The Morgan fingerprint density at radius 2 is 2.15 bits per heavy atom. The van der Waals surface area contributed by atoms with Gasteiger partial charge in [-0.15, -0.1) is 0 Å². The molecular formula is C7H6ClN5. The van der Waals surface area contributed by atoms with Crippen molar-refractivity contribution in [3.8, 4) is 0 Å². The van der Waals surface area contributed by atoms with Gasteiger partial charge in [0.05, 0.1) is 6.20 Å². The lowest BCUT2D eigenvalue weighted by Crippen LogP contribution is -1.97. The van der Waals surface area contributed by atoms with E-state index in [2.05, 4.69) is 25.3 Å². The SMILES string of the molecule is CNc1ncc2ncnc(Cl)c2n1. The second-order valence-electron chi connectivity index (χ2n) is 2.34. The fraction of sp³-hybridized carbons (Fsp3) is 0.143. The molecule has 0 aliphatic carbocycles. The molecule has 66 valence electrons. The molecule has 2 rings (SSSR count). The molecule has 0 aliphatic heterocycles. The highest BCUT2D eigenvalue weighted by Gasteiger charge is 2.03. The van der Waals surface area contributed by atoms with E-state index in [1.807, 2.05) is 0 Å². The summed E-state index contributed by atoms with van der Waals surface area (Å²) in [6.45, 7) is 0. The van der Waals surface area contributed by atoms with Gasteiger partial charge in [0.1, 0.15) is 17.4 Å². The summed E-state index contributed by atoms with van der Waals surface area (Å²) in [5, 5.41) is 3.15. The first-order valence-corrected chi connectivity index (χ1v) is 4.00. The molecular weight excluding hydrogens is 190 g/mol. The molecule has 0 aromatic carbocycles. The molecule has 1 N–H and O–H groups in total. The van der Waals surface area contributed by atoms with Crippen LogP contribution in [0, 0.1) is 0 Å². The van der Waals surface area contributed by atoms with Crippen LogP contribution in [-0.2, 0) is 0 Å². The third-order valence-electron chi connectivity index (χ3n) is 1.56. The predicted molar refractivity (Wildman–Crippen MR) is 49.7 cm³/mol. The van der Waals surface area contributed by atoms with Crippen LogP contribution in [0.3, 0.4) is 0 Å². The summed E-state index contributed by atoms with van der Waals surface area (Å²) in [6.07, 6.45) is 2.98. The number of anilines is 1. The summed E-state index contributed by atoms with van der Waals surface area (Å²) in [5.74, 6) is 0.504. The minimum atomic E-state index is 0.337. The zero-order valence-electron chi connectivity index (χ0n) is 6.82. The molecule has 2 heterocycles. The topological polar surface area (TPSA) is 63.6 Å². The van der Waals surface area contributed by atoms with Gasteiger partial charge in [0, 0.05) is 7.05 Å². The fourth-order valence-corrected chi connectivity index (χ4v) is 1.13. The van der Waals surface area contributed by atoms with E-state index >= 15 is 0 Å². The number of hydrogen-bond acceptors (Lipinski definition) is 5. The van der Waals surface area contributed by atoms with Gasteiger partial charge in [-0.3, -0.25) is 0 Å². The molecule has 0 saturated heterocycles. The van der Waals surface area contributed by atoms with Gasteiger partial charge < -0.3 is 5.32 Å². The van der Waals surface area contributed by atoms with E-state index in [0.29, 0.717) is 22.1 Å². The van der Waals surface area contributed by atoms with E-state index < -0.39 is 0 Å². The van der Waals surface area contributed by atoms with Crippen LogP contribution >= 0.6 is 11.6 Å². The van der Waals surface area contributed by atoms with E-state index in [0.717, 1.165) is 0 Å². The molecule has 6 heteroatoms. The van der Waals surface area contributed by atoms with Crippen LogP contribution in [0.4, 0.5) is 5.95 Å². The van der Waals surface area contributed by atoms with Gasteiger partial charge in [0.25, 0.3) is 0 Å². The second kappa shape index (κ2) is 3.10. The number of halogens is 1. The molecule has 0 spiro atoms. The van der Waals surface area contributed by atoms with Crippen LogP contribution in [0.25, 0.3) is 11.0 Å². The molecule has 0 saturated carbocycles. The molecule has 0 atom stereocenters. The van der Waals surface area contributed by atoms with Crippen molar-refractivity contribution in [1.29, 1.82) is 0 Å². The number of hydrogen-bond donors (Lipinski definition) is 1. The van der Waals surface area contributed by atoms with Crippen molar-refractivity contribution >= 4 is 28.6 Å². The first-order valence-electron chi connectivity index (χ1n) is 3.62. The third-order valence-corrected chi connectivity index (χ3v) is 1.83. The molecule has 0 radical (unpaired) electrons. The Hall–Kier alpha value is -1.49. The molecule has 2 aromatic rings. The van der Waals surface area contributed by atoms with Gasteiger partial charge in [-0.05, 0) is 0 Å². The highest BCUT2D eigenvalue weighted by molar-refractivity contribution is 6.33. The third kappa shape index (κ3) is 1.38. The zero-order chi connectivity index (χ0) is 9.26. The minimum Gasteiger partial charge on any atom is -0.357 e. The second-order valence-corrected chi connectivity index (χ2v) is 2.70. The van der Waals surface area contributed by atoms with Crippen molar-refractivity contribution in [2.24, 2.45) is 0 Å². The van der Waals surface area contributed by atoms with Crippen LogP contribution in [0.2, 0.25) is 5.15 Å². The Morgan fingerprint density at radius 3 is 2.92 bits per heavy atom. The minimum absolute atomic E-state index is 0.337. The number of nitrogens with one attached hydrogen (secondary N) is 1. The summed E-state index contributed by atoms with van der Waals surface area (Å²) in [4.78, 5) is 15.9. The van der Waals surface area contributed by atoms with Crippen molar-refractivity contribution in [3.63, 3.8) is 0 Å². The van der Waals surface area contributed by atoms with E-state index in [1.54, 1.807) is 13.2 Å². The predicted octanol–water partition coefficient (Wildman–Crippen LogP) is 1.11. The van der Waals surface area contributed by atoms with Gasteiger partial charge >= 0.3 is 0 Å². The monoisotopic (exact) mass is 195 g/mol. The standard InChI is InChI=1S/C7H6ClN5/c1-9-7-10-2-4-5(13-7)6(8)12-3-11-4/h2-3H,1H3,(H,9,10,13). The Morgan fingerprint density at radius 1 is 1.31 bits per heavy atom. The quantitative estimate of drug-likeness (QED) is 0.691. The Kier molecular flexibility index (Phi) is 1.94. The van der Waals surface area contributed by atoms with E-state index in [4.69, 9.17) is 11.6 Å². The van der Waals surface area contributed by atoms with Crippen LogP contribution in [0.1, 0.15) is 0 Å². The lowest BCUT2D eigenvalue weighted by molar-refractivity contribution is 1.14. The van der Waals surface area contributed by atoms with Crippen molar-refractivity contribution in [2.75, 3.05) is 12.4 Å². The smallest absolute Gasteiger partial charge is 0.223 e. The summed E-state index contributed by atoms with van der Waals surface area (Å²) < 4.78 is 0. The molecule has 2 aromatic heterocycles. The van der Waals surface area contributed by atoms with Crippen molar-refractivity contribution < 1.29 is 0 Å². The van der Waals surface area contributed by atoms with Gasteiger partial charge in [0.2, 0.25) is 5.95 Å². The van der Waals surface area contributed by atoms with Crippen molar-refractivity contribution in [2.45, 2.75) is 0 Å². The number of aromatic nitrogens is 4. The maximum atomic E-state index is 5.82. The van der Waals surface area contributed by atoms with Crippen LogP contribution in [0.5, 0.6) is 0 Å². The lowest BCUT2D eigenvalue weighted by Gasteiger charge is -2.00.